The van der Waals surface area contributed by atoms with Crippen LogP contribution in [0.15, 0.2) is 34.0 Å². The van der Waals surface area contributed by atoms with Crippen molar-refractivity contribution in [2.45, 2.75) is 53.1 Å². The summed E-state index contributed by atoms with van der Waals surface area (Å²) >= 11 is 6.84. The summed E-state index contributed by atoms with van der Waals surface area (Å²) in [4.78, 5) is 31.2. The number of benzene rings is 1. The van der Waals surface area contributed by atoms with E-state index in [9.17, 15) is 14.9 Å². The summed E-state index contributed by atoms with van der Waals surface area (Å²) in [6.45, 7) is 8.59. The van der Waals surface area contributed by atoms with Crippen LogP contribution in [0.3, 0.4) is 0 Å². The molecule has 2 saturated heterocycles. The van der Waals surface area contributed by atoms with E-state index in [-0.39, 0.29) is 17.0 Å². The van der Waals surface area contributed by atoms with E-state index < -0.39 is 0 Å². The van der Waals surface area contributed by atoms with Crippen molar-refractivity contribution in [3.8, 4) is 11.8 Å². The van der Waals surface area contributed by atoms with Crippen molar-refractivity contribution >= 4 is 46.1 Å². The smallest absolute Gasteiger partial charge is 0.270 e. The largest absolute Gasteiger partial charge is 0.497 e. The van der Waals surface area contributed by atoms with E-state index >= 15 is 0 Å². The molecular weight excluding hydrogens is 504 g/mol. The van der Waals surface area contributed by atoms with Gasteiger partial charge in [0.2, 0.25) is 0 Å². The Morgan fingerprint density at radius 1 is 1.22 bits per heavy atom. The standard InChI is InChI=1S/C28H32N4O3S2/c1-5-12-31-25(30-13-10-18(2)11-14-30)22(19(3)23(16-29)26(31)33)15-24-27(34)32(28(36)37-24)17-20-6-8-21(35-4)9-7-20/h6-9,15,18H,5,10-14,17H2,1-4H3. The Labute approximate surface area is 227 Å². The third-order valence-corrected chi connectivity index (χ3v) is 8.40. The van der Waals surface area contributed by atoms with E-state index in [1.54, 1.807) is 23.5 Å². The lowest BCUT2D eigenvalue weighted by molar-refractivity contribution is -0.122. The maximum absolute atomic E-state index is 13.5. The molecule has 2 aliphatic heterocycles. The van der Waals surface area contributed by atoms with Crippen LogP contribution in [0, 0.1) is 24.2 Å². The molecule has 2 aromatic rings. The van der Waals surface area contributed by atoms with Crippen LogP contribution in [0.2, 0.25) is 0 Å². The number of ether oxygens (including phenoxy) is 1. The van der Waals surface area contributed by atoms with Gasteiger partial charge in [0.25, 0.3) is 11.5 Å². The number of piperidine rings is 1. The van der Waals surface area contributed by atoms with Crippen LogP contribution in [0.25, 0.3) is 6.08 Å². The van der Waals surface area contributed by atoms with E-state index in [2.05, 4.69) is 17.9 Å². The Morgan fingerprint density at radius 2 is 1.89 bits per heavy atom. The Kier molecular flexibility index (Phi) is 8.40. The number of hydrogen-bond acceptors (Lipinski definition) is 7. The van der Waals surface area contributed by atoms with Crippen molar-refractivity contribution < 1.29 is 9.53 Å². The van der Waals surface area contributed by atoms with Crippen molar-refractivity contribution in [2.24, 2.45) is 5.92 Å². The van der Waals surface area contributed by atoms with Crippen LogP contribution in [0.4, 0.5) is 5.82 Å². The zero-order valence-electron chi connectivity index (χ0n) is 21.7. The maximum atomic E-state index is 13.5. The van der Waals surface area contributed by atoms with Crippen molar-refractivity contribution in [2.75, 3.05) is 25.1 Å². The molecule has 3 heterocycles. The number of hydrogen-bond donors (Lipinski definition) is 0. The molecule has 37 heavy (non-hydrogen) atoms. The second-order valence-corrected chi connectivity index (χ2v) is 11.3. The van der Waals surface area contributed by atoms with Crippen LogP contribution < -0.4 is 15.2 Å². The van der Waals surface area contributed by atoms with Gasteiger partial charge in [-0.25, -0.2) is 0 Å². The summed E-state index contributed by atoms with van der Waals surface area (Å²) in [5.74, 6) is 2.00. The second kappa shape index (κ2) is 11.5. The summed E-state index contributed by atoms with van der Waals surface area (Å²) in [6.07, 6.45) is 4.66. The van der Waals surface area contributed by atoms with Crippen molar-refractivity contribution in [3.05, 3.63) is 61.8 Å². The first-order chi connectivity index (χ1) is 17.8. The third kappa shape index (κ3) is 5.46. The van der Waals surface area contributed by atoms with Gasteiger partial charge in [-0.05, 0) is 61.4 Å². The highest BCUT2D eigenvalue weighted by molar-refractivity contribution is 8.26. The predicted octanol–water partition coefficient (Wildman–Crippen LogP) is 5.08. The minimum Gasteiger partial charge on any atom is -0.497 e. The molecule has 1 aromatic heterocycles. The maximum Gasteiger partial charge on any atom is 0.270 e. The minimum absolute atomic E-state index is 0.127. The van der Waals surface area contributed by atoms with Crippen molar-refractivity contribution in [3.63, 3.8) is 0 Å². The average molecular weight is 537 g/mol. The SMILES string of the molecule is CCCn1c(N2CCC(C)CC2)c(C=C2SC(=S)N(Cc3ccc(OC)cc3)C2=O)c(C)c(C#N)c1=O. The lowest BCUT2D eigenvalue weighted by Gasteiger charge is -2.35. The fraction of sp³-hybridized carbons (Fsp3) is 0.429. The van der Waals surface area contributed by atoms with Crippen LogP contribution >= 0.6 is 24.0 Å². The molecule has 0 saturated carbocycles. The average Bonchev–Trinajstić information content (AvgIpc) is 3.16. The van der Waals surface area contributed by atoms with Crippen LogP contribution in [-0.4, -0.2) is 39.9 Å². The van der Waals surface area contributed by atoms with Gasteiger partial charge in [0.1, 0.15) is 27.5 Å². The fourth-order valence-corrected chi connectivity index (χ4v) is 6.05. The molecule has 0 unspecified atom stereocenters. The molecule has 0 atom stereocenters. The molecule has 0 radical (unpaired) electrons. The number of amides is 1. The molecule has 0 aliphatic carbocycles. The second-order valence-electron chi connectivity index (χ2n) is 9.59. The van der Waals surface area contributed by atoms with Gasteiger partial charge in [0.15, 0.2) is 0 Å². The Bertz CT molecular complexity index is 1330. The van der Waals surface area contributed by atoms with Crippen LogP contribution in [0.1, 0.15) is 55.4 Å². The zero-order valence-corrected chi connectivity index (χ0v) is 23.4. The summed E-state index contributed by atoms with van der Waals surface area (Å²) in [6, 6.07) is 9.67. The van der Waals surface area contributed by atoms with Gasteiger partial charge in [-0.15, -0.1) is 0 Å². The van der Waals surface area contributed by atoms with Crippen LogP contribution in [-0.2, 0) is 17.9 Å². The van der Waals surface area contributed by atoms with Gasteiger partial charge in [-0.1, -0.05) is 50.0 Å². The molecule has 194 valence electrons. The third-order valence-electron chi connectivity index (χ3n) is 7.03. The van der Waals surface area contributed by atoms with Gasteiger partial charge in [0.05, 0.1) is 18.6 Å². The summed E-state index contributed by atoms with van der Waals surface area (Å²) in [7, 11) is 1.61. The molecular formula is C28H32N4O3S2. The monoisotopic (exact) mass is 536 g/mol. The molecule has 0 bridgehead atoms. The predicted molar refractivity (Wildman–Crippen MR) is 153 cm³/mol. The summed E-state index contributed by atoms with van der Waals surface area (Å²) in [5, 5.41) is 9.84. The van der Waals surface area contributed by atoms with Gasteiger partial charge >= 0.3 is 0 Å². The number of carbonyl (C=O) groups is 1. The topological polar surface area (TPSA) is 78.6 Å². The number of nitrogens with zero attached hydrogens (tertiary/aromatic N) is 4. The van der Waals surface area contributed by atoms with Crippen LogP contribution in [0.5, 0.6) is 5.75 Å². The molecule has 0 N–H and O–H groups in total. The summed E-state index contributed by atoms with van der Waals surface area (Å²) < 4.78 is 7.44. The number of rotatable bonds is 7. The summed E-state index contributed by atoms with van der Waals surface area (Å²) in [5.41, 5.74) is 2.17. The number of pyridine rings is 1. The lowest BCUT2D eigenvalue weighted by atomic mass is 9.97. The van der Waals surface area contributed by atoms with E-state index in [0.717, 1.165) is 55.0 Å². The minimum atomic E-state index is -0.264. The first-order valence-corrected chi connectivity index (χ1v) is 13.8. The number of aromatic nitrogens is 1. The lowest BCUT2D eigenvalue weighted by Crippen LogP contribution is -2.39. The van der Waals surface area contributed by atoms with E-state index in [1.807, 2.05) is 37.3 Å². The number of carbonyl (C=O) groups excluding carboxylic acids is 1. The number of thiocarbonyl (C=S) groups is 1. The highest BCUT2D eigenvalue weighted by atomic mass is 32.2. The number of nitriles is 1. The fourth-order valence-electron chi connectivity index (χ4n) is 4.82. The molecule has 2 aliphatic rings. The molecule has 0 spiro atoms. The molecule has 2 fully saturated rings. The highest BCUT2D eigenvalue weighted by Crippen LogP contribution is 2.37. The van der Waals surface area contributed by atoms with Crippen molar-refractivity contribution in [1.29, 1.82) is 5.26 Å². The Hall–Kier alpha value is -3.09. The van der Waals surface area contributed by atoms with Gasteiger partial charge in [-0.3, -0.25) is 19.1 Å². The van der Waals surface area contributed by atoms with Crippen molar-refractivity contribution in [1.82, 2.24) is 9.47 Å². The molecule has 1 aromatic carbocycles. The number of anilines is 1. The quantitative estimate of drug-likeness (QED) is 0.360. The van der Waals surface area contributed by atoms with Gasteiger partial charge in [0, 0.05) is 25.2 Å². The molecule has 9 heteroatoms. The molecule has 4 rings (SSSR count). The Balaban J connectivity index is 1.77. The zero-order chi connectivity index (χ0) is 26.7. The van der Waals surface area contributed by atoms with E-state index in [1.165, 1.54) is 11.8 Å². The van der Waals surface area contributed by atoms with Gasteiger partial charge < -0.3 is 9.64 Å². The van der Waals surface area contributed by atoms with E-state index in [0.29, 0.717) is 33.8 Å². The Morgan fingerprint density at radius 3 is 2.49 bits per heavy atom. The first kappa shape index (κ1) is 27.0. The highest BCUT2D eigenvalue weighted by Gasteiger charge is 2.33. The normalized spacial score (nSPS) is 17.5. The van der Waals surface area contributed by atoms with Gasteiger partial charge in [-0.2, -0.15) is 5.26 Å². The first-order valence-electron chi connectivity index (χ1n) is 12.6. The number of methoxy groups -OCH3 is 1. The molecule has 7 nitrogen and oxygen atoms in total. The number of thioether (sulfide) groups is 1. The van der Waals surface area contributed by atoms with E-state index in [4.69, 9.17) is 17.0 Å². The molecule has 1 amide bonds.